The molecule has 1 rings (SSSR count). The van der Waals surface area contributed by atoms with E-state index < -0.39 is 0 Å². The second kappa shape index (κ2) is 5.07. The molecule has 16 heavy (non-hydrogen) atoms. The molecule has 0 bridgehead atoms. The van der Waals surface area contributed by atoms with Gasteiger partial charge >= 0.3 is 0 Å². The number of hydrogen-bond donors (Lipinski definition) is 1. The second-order valence-corrected chi connectivity index (χ2v) is 4.36. The zero-order valence-corrected chi connectivity index (χ0v) is 10.5. The Labute approximate surface area is 100 Å². The van der Waals surface area contributed by atoms with E-state index in [0.717, 1.165) is 0 Å². The van der Waals surface area contributed by atoms with Crippen LogP contribution in [-0.4, -0.2) is 38.2 Å². The summed E-state index contributed by atoms with van der Waals surface area (Å²) < 4.78 is 1.54. The Hall–Kier alpha value is -1.43. The van der Waals surface area contributed by atoms with E-state index in [-0.39, 0.29) is 18.5 Å². The maximum absolute atomic E-state index is 12.2. The number of thiocarbonyl (C=S) groups is 1. The average Bonchev–Trinajstić information content (AvgIpc) is 2.59. The lowest BCUT2D eigenvalue weighted by atomic mass is 10.2. The molecule has 1 aromatic rings. The van der Waals surface area contributed by atoms with Crippen molar-refractivity contribution in [2.75, 3.05) is 6.54 Å². The van der Waals surface area contributed by atoms with Crippen molar-refractivity contribution >= 4 is 23.1 Å². The van der Waals surface area contributed by atoms with Gasteiger partial charge in [0.05, 0.1) is 11.5 Å². The molecule has 1 heterocycles. The van der Waals surface area contributed by atoms with Gasteiger partial charge in [0.25, 0.3) is 5.91 Å². The topological polar surface area (TPSA) is 64.2 Å². The number of nitrogens with zero attached hydrogens (tertiary/aromatic N) is 3. The van der Waals surface area contributed by atoms with Gasteiger partial charge in [-0.05, 0) is 19.9 Å². The molecule has 0 unspecified atom stereocenters. The van der Waals surface area contributed by atoms with Crippen molar-refractivity contribution in [1.29, 1.82) is 0 Å². The van der Waals surface area contributed by atoms with Crippen LogP contribution in [-0.2, 0) is 7.05 Å². The quantitative estimate of drug-likeness (QED) is 0.781. The van der Waals surface area contributed by atoms with Crippen molar-refractivity contribution in [3.63, 3.8) is 0 Å². The minimum atomic E-state index is -0.109. The fourth-order valence-corrected chi connectivity index (χ4v) is 1.53. The number of carbonyl (C=O) groups is 1. The molecule has 0 aliphatic rings. The van der Waals surface area contributed by atoms with E-state index in [9.17, 15) is 4.79 Å². The zero-order valence-electron chi connectivity index (χ0n) is 9.67. The van der Waals surface area contributed by atoms with E-state index in [2.05, 4.69) is 5.10 Å². The van der Waals surface area contributed by atoms with Crippen molar-refractivity contribution in [2.24, 2.45) is 12.8 Å². The van der Waals surface area contributed by atoms with E-state index >= 15 is 0 Å². The highest BCUT2D eigenvalue weighted by Crippen LogP contribution is 2.07. The van der Waals surface area contributed by atoms with Crippen LogP contribution in [0.2, 0.25) is 0 Å². The SMILES string of the molecule is CC(C)N(CC(N)=S)C(=O)c1ccnn1C. The summed E-state index contributed by atoms with van der Waals surface area (Å²) in [5.74, 6) is -0.109. The summed E-state index contributed by atoms with van der Waals surface area (Å²) >= 11 is 4.83. The van der Waals surface area contributed by atoms with Crippen LogP contribution in [0, 0.1) is 0 Å². The van der Waals surface area contributed by atoms with Gasteiger partial charge in [0.15, 0.2) is 0 Å². The number of nitrogens with two attached hydrogens (primary N) is 1. The normalized spacial score (nSPS) is 10.5. The van der Waals surface area contributed by atoms with Crippen LogP contribution >= 0.6 is 12.2 Å². The molecule has 0 fully saturated rings. The summed E-state index contributed by atoms with van der Waals surface area (Å²) in [6.07, 6.45) is 1.59. The molecule has 0 aliphatic carbocycles. The molecule has 5 nitrogen and oxygen atoms in total. The van der Waals surface area contributed by atoms with E-state index in [1.165, 1.54) is 4.68 Å². The average molecular weight is 240 g/mol. The number of hydrogen-bond acceptors (Lipinski definition) is 3. The smallest absolute Gasteiger partial charge is 0.272 e. The maximum atomic E-state index is 12.2. The first kappa shape index (κ1) is 12.6. The molecule has 0 aliphatic heterocycles. The van der Waals surface area contributed by atoms with Gasteiger partial charge in [0.1, 0.15) is 5.69 Å². The molecule has 0 radical (unpaired) electrons. The zero-order chi connectivity index (χ0) is 12.3. The minimum Gasteiger partial charge on any atom is -0.392 e. The van der Waals surface area contributed by atoms with Crippen molar-refractivity contribution in [3.8, 4) is 0 Å². The first-order valence-electron chi connectivity index (χ1n) is 5.00. The predicted octanol–water partition coefficient (Wildman–Crippen LogP) is 0.557. The number of aromatic nitrogens is 2. The molecular weight excluding hydrogens is 224 g/mol. The number of aryl methyl sites for hydroxylation is 1. The third-order valence-electron chi connectivity index (χ3n) is 2.25. The molecule has 0 spiro atoms. The Bertz CT molecular complexity index is 399. The summed E-state index contributed by atoms with van der Waals surface area (Å²) in [7, 11) is 1.73. The highest BCUT2D eigenvalue weighted by Gasteiger charge is 2.21. The van der Waals surface area contributed by atoms with Gasteiger partial charge in [-0.1, -0.05) is 12.2 Å². The molecule has 1 aromatic heterocycles. The summed E-state index contributed by atoms with van der Waals surface area (Å²) in [6.45, 7) is 4.14. The standard InChI is InChI=1S/C10H16N4OS/c1-7(2)14(6-9(11)16)10(15)8-4-5-12-13(8)3/h4-5,7H,6H2,1-3H3,(H2,11,16). The largest absolute Gasteiger partial charge is 0.392 e. The number of amides is 1. The van der Waals surface area contributed by atoms with Crippen molar-refractivity contribution in [1.82, 2.24) is 14.7 Å². The van der Waals surface area contributed by atoms with E-state index in [4.69, 9.17) is 18.0 Å². The first-order chi connectivity index (χ1) is 7.43. The Morgan fingerprint density at radius 1 is 1.69 bits per heavy atom. The van der Waals surface area contributed by atoms with Crippen LogP contribution in [0.15, 0.2) is 12.3 Å². The van der Waals surface area contributed by atoms with Crippen LogP contribution in [0.5, 0.6) is 0 Å². The Morgan fingerprint density at radius 3 is 2.69 bits per heavy atom. The van der Waals surface area contributed by atoms with E-state index in [1.807, 2.05) is 13.8 Å². The molecule has 0 saturated carbocycles. The van der Waals surface area contributed by atoms with Crippen molar-refractivity contribution < 1.29 is 4.79 Å². The molecule has 6 heteroatoms. The highest BCUT2D eigenvalue weighted by atomic mass is 32.1. The Balaban J connectivity index is 2.92. The second-order valence-electron chi connectivity index (χ2n) is 3.83. The molecule has 0 aromatic carbocycles. The fourth-order valence-electron chi connectivity index (χ4n) is 1.39. The third kappa shape index (κ3) is 2.79. The summed E-state index contributed by atoms with van der Waals surface area (Å²) in [5.41, 5.74) is 6.01. The highest BCUT2D eigenvalue weighted by molar-refractivity contribution is 7.80. The summed E-state index contributed by atoms with van der Waals surface area (Å²) in [6, 6.07) is 1.72. The number of carbonyl (C=O) groups excluding carboxylic acids is 1. The molecular formula is C10H16N4OS. The molecule has 0 saturated heterocycles. The van der Waals surface area contributed by atoms with Crippen LogP contribution in [0.3, 0.4) is 0 Å². The third-order valence-corrected chi connectivity index (χ3v) is 2.38. The molecule has 2 N–H and O–H groups in total. The lowest BCUT2D eigenvalue weighted by molar-refractivity contribution is 0.0725. The van der Waals surface area contributed by atoms with Gasteiger partial charge < -0.3 is 10.6 Å². The van der Waals surface area contributed by atoms with Gasteiger partial charge in [-0.25, -0.2) is 0 Å². The van der Waals surface area contributed by atoms with E-state index in [0.29, 0.717) is 10.7 Å². The lowest BCUT2D eigenvalue weighted by Crippen LogP contribution is -2.42. The monoisotopic (exact) mass is 240 g/mol. The van der Waals surface area contributed by atoms with Gasteiger partial charge in [-0.15, -0.1) is 0 Å². The van der Waals surface area contributed by atoms with E-state index in [1.54, 1.807) is 24.2 Å². The van der Waals surface area contributed by atoms with Gasteiger partial charge in [-0.3, -0.25) is 9.48 Å². The fraction of sp³-hybridized carbons (Fsp3) is 0.500. The summed E-state index contributed by atoms with van der Waals surface area (Å²) in [4.78, 5) is 14.1. The van der Waals surface area contributed by atoms with Crippen molar-refractivity contribution in [3.05, 3.63) is 18.0 Å². The Morgan fingerprint density at radius 2 is 2.31 bits per heavy atom. The number of rotatable bonds is 4. The van der Waals surface area contributed by atoms with Gasteiger partial charge in [-0.2, -0.15) is 5.10 Å². The van der Waals surface area contributed by atoms with Crippen LogP contribution in [0.4, 0.5) is 0 Å². The van der Waals surface area contributed by atoms with Crippen LogP contribution in [0.1, 0.15) is 24.3 Å². The summed E-state index contributed by atoms with van der Waals surface area (Å²) in [5, 5.41) is 3.96. The maximum Gasteiger partial charge on any atom is 0.272 e. The first-order valence-corrected chi connectivity index (χ1v) is 5.41. The molecule has 1 amide bonds. The Kier molecular flexibility index (Phi) is 4.00. The predicted molar refractivity (Wildman–Crippen MR) is 66.2 cm³/mol. The van der Waals surface area contributed by atoms with Gasteiger partial charge in [0.2, 0.25) is 0 Å². The van der Waals surface area contributed by atoms with Crippen LogP contribution in [0.25, 0.3) is 0 Å². The van der Waals surface area contributed by atoms with Gasteiger partial charge in [0, 0.05) is 19.3 Å². The molecule has 0 atom stereocenters. The lowest BCUT2D eigenvalue weighted by Gasteiger charge is -2.26. The minimum absolute atomic E-state index is 0.0453. The van der Waals surface area contributed by atoms with Crippen molar-refractivity contribution in [2.45, 2.75) is 19.9 Å². The molecule has 88 valence electrons. The van der Waals surface area contributed by atoms with Crippen LogP contribution < -0.4 is 5.73 Å².